The van der Waals surface area contributed by atoms with Crippen molar-refractivity contribution in [3.05, 3.63) is 45.8 Å². The fourth-order valence-electron chi connectivity index (χ4n) is 4.77. The number of amides is 2. The second kappa shape index (κ2) is 9.93. The minimum atomic E-state index is -3.11. The predicted octanol–water partition coefficient (Wildman–Crippen LogP) is 4.14. The van der Waals surface area contributed by atoms with E-state index in [1.807, 2.05) is 31.2 Å². The Morgan fingerprint density at radius 3 is 2.49 bits per heavy atom. The average molecular weight is 519 g/mol. The van der Waals surface area contributed by atoms with Gasteiger partial charge in [0.1, 0.15) is 10.8 Å². The molecule has 0 radical (unpaired) electrons. The van der Waals surface area contributed by atoms with E-state index in [2.05, 4.69) is 31.4 Å². The van der Waals surface area contributed by atoms with E-state index in [9.17, 15) is 18.0 Å². The summed E-state index contributed by atoms with van der Waals surface area (Å²) in [6.45, 7) is 8.51. The Kier molecular flexibility index (Phi) is 7.29. The summed E-state index contributed by atoms with van der Waals surface area (Å²) in [5, 5.41) is 6.33. The molecule has 35 heavy (non-hydrogen) atoms. The standard InChI is InChI=1S/C26H34N2O5S2/c1-16-5-8-19(9-6-16)33-14-22(29)28-25-23(24(30)27-18-11-12-35(31,32)15-18)20-10-7-17(26(2,3)4)13-21(20)34-25/h5-6,8-9,17-18H,7,10-15H2,1-4H3,(H,27,30)(H,28,29)/t17-,18-/m0/s1. The summed E-state index contributed by atoms with van der Waals surface area (Å²) in [6, 6.07) is 7.05. The summed E-state index contributed by atoms with van der Waals surface area (Å²) in [6.07, 6.45) is 3.00. The van der Waals surface area contributed by atoms with E-state index in [0.717, 1.165) is 35.3 Å². The lowest BCUT2D eigenvalue weighted by Gasteiger charge is -2.33. The van der Waals surface area contributed by atoms with Gasteiger partial charge in [0.15, 0.2) is 16.4 Å². The lowest BCUT2D eigenvalue weighted by Crippen LogP contribution is -2.36. The van der Waals surface area contributed by atoms with Crippen LogP contribution >= 0.6 is 11.3 Å². The minimum absolute atomic E-state index is 0.0384. The molecule has 0 unspecified atom stereocenters. The number of ether oxygens (including phenoxy) is 1. The van der Waals surface area contributed by atoms with Gasteiger partial charge in [-0.3, -0.25) is 9.59 Å². The van der Waals surface area contributed by atoms with Gasteiger partial charge in [0.2, 0.25) is 0 Å². The molecular weight excluding hydrogens is 484 g/mol. The molecule has 1 saturated heterocycles. The number of aryl methyl sites for hydroxylation is 1. The molecule has 2 heterocycles. The molecule has 0 spiro atoms. The number of carbonyl (C=O) groups excluding carboxylic acids is 2. The Bertz CT molecular complexity index is 1210. The van der Waals surface area contributed by atoms with Gasteiger partial charge in [-0.05, 0) is 61.6 Å². The molecule has 1 aromatic carbocycles. The Hall–Kier alpha value is -2.39. The van der Waals surface area contributed by atoms with Gasteiger partial charge in [-0.25, -0.2) is 8.42 Å². The lowest BCUT2D eigenvalue weighted by atomic mass is 9.72. The van der Waals surface area contributed by atoms with Crippen LogP contribution in [-0.2, 0) is 27.5 Å². The van der Waals surface area contributed by atoms with Crippen LogP contribution in [0, 0.1) is 18.3 Å². The second-order valence-corrected chi connectivity index (χ2v) is 14.1. The number of carbonyl (C=O) groups is 2. The van der Waals surface area contributed by atoms with Crippen molar-refractivity contribution in [2.75, 3.05) is 23.4 Å². The fourth-order valence-corrected chi connectivity index (χ4v) is 7.78. The second-order valence-electron chi connectivity index (χ2n) is 10.7. The van der Waals surface area contributed by atoms with Gasteiger partial charge in [-0.15, -0.1) is 11.3 Å². The van der Waals surface area contributed by atoms with Crippen LogP contribution in [0.15, 0.2) is 24.3 Å². The van der Waals surface area contributed by atoms with Crippen LogP contribution in [0.2, 0.25) is 0 Å². The van der Waals surface area contributed by atoms with Gasteiger partial charge < -0.3 is 15.4 Å². The van der Waals surface area contributed by atoms with E-state index in [4.69, 9.17) is 4.74 Å². The first-order valence-electron chi connectivity index (χ1n) is 12.1. The maximum Gasteiger partial charge on any atom is 0.262 e. The first kappa shape index (κ1) is 25.7. The summed E-state index contributed by atoms with van der Waals surface area (Å²) >= 11 is 1.45. The maximum atomic E-state index is 13.4. The molecule has 0 bridgehead atoms. The van der Waals surface area contributed by atoms with E-state index < -0.39 is 15.9 Å². The zero-order chi connectivity index (χ0) is 25.4. The smallest absolute Gasteiger partial charge is 0.262 e. The molecule has 2 amide bonds. The highest BCUT2D eigenvalue weighted by Gasteiger charge is 2.36. The third kappa shape index (κ3) is 6.25. The Labute approximate surface area is 211 Å². The van der Waals surface area contributed by atoms with Crippen molar-refractivity contribution in [3.63, 3.8) is 0 Å². The van der Waals surface area contributed by atoms with Crippen molar-refractivity contribution >= 4 is 38.0 Å². The van der Waals surface area contributed by atoms with Gasteiger partial charge in [0.05, 0.1) is 17.1 Å². The van der Waals surface area contributed by atoms with Crippen LogP contribution < -0.4 is 15.4 Å². The molecule has 4 rings (SSSR count). The number of nitrogens with one attached hydrogen (secondary N) is 2. The molecule has 1 aromatic heterocycles. The first-order chi connectivity index (χ1) is 16.4. The summed E-state index contributed by atoms with van der Waals surface area (Å²) < 4.78 is 29.4. The van der Waals surface area contributed by atoms with E-state index in [-0.39, 0.29) is 35.3 Å². The van der Waals surface area contributed by atoms with Crippen molar-refractivity contribution in [2.24, 2.45) is 11.3 Å². The van der Waals surface area contributed by atoms with Crippen molar-refractivity contribution < 1.29 is 22.7 Å². The van der Waals surface area contributed by atoms with Crippen LogP contribution in [0.3, 0.4) is 0 Å². The lowest BCUT2D eigenvalue weighted by molar-refractivity contribution is -0.118. The highest BCUT2D eigenvalue weighted by atomic mass is 32.2. The van der Waals surface area contributed by atoms with Gasteiger partial charge in [-0.1, -0.05) is 38.5 Å². The third-order valence-electron chi connectivity index (χ3n) is 6.93. The number of anilines is 1. The number of rotatable bonds is 6. The van der Waals surface area contributed by atoms with Crippen molar-refractivity contribution in [1.82, 2.24) is 5.32 Å². The van der Waals surface area contributed by atoms with E-state index in [1.165, 1.54) is 11.3 Å². The van der Waals surface area contributed by atoms with Crippen LogP contribution in [0.1, 0.15) is 60.0 Å². The van der Waals surface area contributed by atoms with E-state index >= 15 is 0 Å². The van der Waals surface area contributed by atoms with Crippen LogP contribution in [0.25, 0.3) is 0 Å². The van der Waals surface area contributed by atoms with Gasteiger partial charge in [-0.2, -0.15) is 0 Å². The van der Waals surface area contributed by atoms with Crippen molar-refractivity contribution in [2.45, 2.75) is 59.4 Å². The van der Waals surface area contributed by atoms with Crippen molar-refractivity contribution in [3.8, 4) is 5.75 Å². The minimum Gasteiger partial charge on any atom is -0.484 e. The first-order valence-corrected chi connectivity index (χ1v) is 14.7. The summed E-state index contributed by atoms with van der Waals surface area (Å²) in [4.78, 5) is 27.2. The maximum absolute atomic E-state index is 13.4. The molecule has 1 aliphatic carbocycles. The van der Waals surface area contributed by atoms with Crippen LogP contribution in [0.5, 0.6) is 5.75 Å². The molecule has 2 N–H and O–H groups in total. The zero-order valence-electron chi connectivity index (χ0n) is 20.8. The quantitative estimate of drug-likeness (QED) is 0.599. The molecule has 7 nitrogen and oxygen atoms in total. The molecule has 2 atom stereocenters. The predicted molar refractivity (Wildman–Crippen MR) is 139 cm³/mol. The largest absolute Gasteiger partial charge is 0.484 e. The summed E-state index contributed by atoms with van der Waals surface area (Å²) in [5.41, 5.74) is 2.70. The normalized spacial score (nSPS) is 21.3. The number of hydrogen-bond acceptors (Lipinski definition) is 6. The molecule has 0 saturated carbocycles. The third-order valence-corrected chi connectivity index (χ3v) is 9.87. The Morgan fingerprint density at radius 1 is 1.14 bits per heavy atom. The highest BCUT2D eigenvalue weighted by molar-refractivity contribution is 7.91. The van der Waals surface area contributed by atoms with Gasteiger partial charge >= 0.3 is 0 Å². The van der Waals surface area contributed by atoms with Crippen LogP contribution in [-0.4, -0.2) is 44.4 Å². The Balaban J connectivity index is 1.54. The average Bonchev–Trinajstić information content (AvgIpc) is 3.30. The topological polar surface area (TPSA) is 102 Å². The van der Waals surface area contributed by atoms with E-state index in [0.29, 0.717) is 28.7 Å². The molecule has 190 valence electrons. The molecule has 2 aliphatic rings. The number of benzene rings is 1. The fraction of sp³-hybridized carbons (Fsp3) is 0.538. The van der Waals surface area contributed by atoms with Crippen molar-refractivity contribution in [1.29, 1.82) is 0 Å². The highest BCUT2D eigenvalue weighted by Crippen LogP contribution is 2.44. The summed E-state index contributed by atoms with van der Waals surface area (Å²) in [5.74, 6) is 0.487. The summed E-state index contributed by atoms with van der Waals surface area (Å²) in [7, 11) is -3.11. The zero-order valence-corrected chi connectivity index (χ0v) is 22.4. The van der Waals surface area contributed by atoms with Gasteiger partial charge in [0, 0.05) is 10.9 Å². The SMILES string of the molecule is Cc1ccc(OCC(=O)Nc2sc3c(c2C(=O)N[C@H]2CCS(=O)(=O)C2)CC[C@H](C(C)(C)C)C3)cc1. The number of hydrogen-bond donors (Lipinski definition) is 2. The molecular formula is C26H34N2O5S2. The Morgan fingerprint density at radius 2 is 1.86 bits per heavy atom. The monoisotopic (exact) mass is 518 g/mol. The molecule has 2 aromatic rings. The van der Waals surface area contributed by atoms with E-state index in [1.54, 1.807) is 0 Å². The van der Waals surface area contributed by atoms with Gasteiger partial charge in [0.25, 0.3) is 11.8 Å². The number of thiophene rings is 1. The molecule has 1 fully saturated rings. The van der Waals surface area contributed by atoms with Crippen LogP contribution in [0.4, 0.5) is 5.00 Å². The number of sulfone groups is 1. The molecule has 9 heteroatoms. The molecule has 1 aliphatic heterocycles. The number of fused-ring (bicyclic) bond motifs is 1.